The Labute approximate surface area is 113 Å². The third kappa shape index (κ3) is 3.78. The molecule has 1 aliphatic heterocycles. The molecule has 2 N–H and O–H groups in total. The van der Waals surface area contributed by atoms with Crippen LogP contribution in [0.3, 0.4) is 0 Å². The average Bonchev–Trinajstić information content (AvgIpc) is 2.44. The van der Waals surface area contributed by atoms with E-state index in [9.17, 15) is 5.11 Å². The van der Waals surface area contributed by atoms with Gasteiger partial charge in [0.25, 0.3) is 0 Å². The summed E-state index contributed by atoms with van der Waals surface area (Å²) in [5.74, 6) is 2.30. The normalized spacial score (nSPS) is 19.5. The van der Waals surface area contributed by atoms with Crippen molar-refractivity contribution in [3.63, 3.8) is 0 Å². The van der Waals surface area contributed by atoms with Crippen LogP contribution in [0.15, 0.2) is 6.07 Å². The van der Waals surface area contributed by atoms with E-state index in [1.165, 1.54) is 0 Å². The van der Waals surface area contributed by atoms with Gasteiger partial charge in [-0.05, 0) is 19.8 Å². The van der Waals surface area contributed by atoms with E-state index in [0.717, 1.165) is 31.0 Å². The molecule has 6 nitrogen and oxygen atoms in total. The van der Waals surface area contributed by atoms with Crippen molar-refractivity contribution in [2.45, 2.75) is 32.5 Å². The summed E-state index contributed by atoms with van der Waals surface area (Å²) in [5, 5.41) is 12.8. The summed E-state index contributed by atoms with van der Waals surface area (Å²) < 4.78 is 5.36. The first kappa shape index (κ1) is 14.0. The van der Waals surface area contributed by atoms with Crippen LogP contribution in [0.1, 0.15) is 25.6 Å². The minimum absolute atomic E-state index is 0.267. The topological polar surface area (TPSA) is 70.5 Å². The fourth-order valence-corrected chi connectivity index (χ4v) is 2.19. The Morgan fingerprint density at radius 1 is 1.53 bits per heavy atom. The maximum atomic E-state index is 9.75. The van der Waals surface area contributed by atoms with Crippen molar-refractivity contribution >= 4 is 11.6 Å². The van der Waals surface area contributed by atoms with Gasteiger partial charge in [-0.15, -0.1) is 0 Å². The van der Waals surface area contributed by atoms with E-state index in [1.54, 1.807) is 0 Å². The highest BCUT2D eigenvalue weighted by atomic mass is 16.5. The van der Waals surface area contributed by atoms with Gasteiger partial charge in [0, 0.05) is 32.8 Å². The molecule has 0 saturated carbocycles. The maximum absolute atomic E-state index is 9.75. The number of nitrogens with one attached hydrogen (secondary N) is 1. The van der Waals surface area contributed by atoms with E-state index in [4.69, 9.17) is 4.74 Å². The van der Waals surface area contributed by atoms with Crippen LogP contribution in [0.25, 0.3) is 0 Å². The van der Waals surface area contributed by atoms with E-state index in [2.05, 4.69) is 20.2 Å². The van der Waals surface area contributed by atoms with Crippen LogP contribution < -0.4 is 10.2 Å². The maximum Gasteiger partial charge on any atom is 0.158 e. The van der Waals surface area contributed by atoms with Gasteiger partial charge in [-0.1, -0.05) is 0 Å². The van der Waals surface area contributed by atoms with Gasteiger partial charge in [-0.3, -0.25) is 0 Å². The second-order valence-electron chi connectivity index (χ2n) is 4.66. The highest BCUT2D eigenvalue weighted by Crippen LogP contribution is 2.20. The molecule has 0 aliphatic carbocycles. The van der Waals surface area contributed by atoms with Gasteiger partial charge in [0.15, 0.2) is 5.82 Å². The smallest absolute Gasteiger partial charge is 0.158 e. The van der Waals surface area contributed by atoms with Gasteiger partial charge in [-0.25, -0.2) is 9.97 Å². The van der Waals surface area contributed by atoms with Crippen LogP contribution in [0.4, 0.5) is 11.6 Å². The first-order chi connectivity index (χ1) is 9.22. The standard InChI is InChI=1S/C13H22N4O2/c1-3-19-9-12-15-11(14-2)7-13(16-12)17-6-4-5-10(18)8-17/h7,10,18H,3-6,8-9H2,1-2H3,(H,14,15,16). The Hall–Kier alpha value is -1.40. The zero-order valence-electron chi connectivity index (χ0n) is 11.6. The predicted octanol–water partition coefficient (Wildman–Crippen LogP) is 1.02. The van der Waals surface area contributed by atoms with E-state index in [-0.39, 0.29) is 6.10 Å². The molecule has 0 bridgehead atoms. The van der Waals surface area contributed by atoms with Crippen LogP contribution in [-0.4, -0.2) is 47.9 Å². The SMILES string of the molecule is CCOCc1nc(NC)cc(N2CCCC(O)C2)n1. The summed E-state index contributed by atoms with van der Waals surface area (Å²) in [6.07, 6.45) is 1.59. The molecule has 0 aromatic carbocycles. The molecule has 1 unspecified atom stereocenters. The van der Waals surface area contributed by atoms with Crippen molar-refractivity contribution in [3.8, 4) is 0 Å². The summed E-state index contributed by atoms with van der Waals surface area (Å²) in [4.78, 5) is 11.0. The molecule has 1 saturated heterocycles. The van der Waals surface area contributed by atoms with Crippen LogP contribution >= 0.6 is 0 Å². The van der Waals surface area contributed by atoms with Gasteiger partial charge in [0.2, 0.25) is 0 Å². The van der Waals surface area contributed by atoms with Crippen molar-refractivity contribution in [3.05, 3.63) is 11.9 Å². The lowest BCUT2D eigenvalue weighted by atomic mass is 10.1. The highest BCUT2D eigenvalue weighted by molar-refractivity contribution is 5.49. The molecule has 2 heterocycles. The molecule has 0 amide bonds. The molecule has 0 spiro atoms. The summed E-state index contributed by atoms with van der Waals surface area (Å²) >= 11 is 0. The Morgan fingerprint density at radius 3 is 3.05 bits per heavy atom. The van der Waals surface area contributed by atoms with Gasteiger partial charge < -0.3 is 20.1 Å². The zero-order chi connectivity index (χ0) is 13.7. The van der Waals surface area contributed by atoms with Gasteiger partial charge in [0.05, 0.1) is 6.10 Å². The lowest BCUT2D eigenvalue weighted by Gasteiger charge is -2.31. The third-order valence-electron chi connectivity index (χ3n) is 3.17. The predicted molar refractivity (Wildman–Crippen MR) is 74.4 cm³/mol. The number of rotatable bonds is 5. The first-order valence-electron chi connectivity index (χ1n) is 6.79. The summed E-state index contributed by atoms with van der Waals surface area (Å²) in [6.45, 7) is 4.56. The number of β-amino-alcohol motifs (C(OH)–C–C–N with tert-alkyl or cyclic N) is 1. The summed E-state index contributed by atoms with van der Waals surface area (Å²) in [6, 6.07) is 1.91. The number of anilines is 2. The van der Waals surface area contributed by atoms with Crippen molar-refractivity contribution in [2.75, 3.05) is 37.0 Å². The number of hydrogen-bond acceptors (Lipinski definition) is 6. The number of hydrogen-bond donors (Lipinski definition) is 2. The van der Waals surface area contributed by atoms with Crippen LogP contribution in [0.5, 0.6) is 0 Å². The lowest BCUT2D eigenvalue weighted by Crippen LogP contribution is -2.38. The minimum Gasteiger partial charge on any atom is -0.391 e. The van der Waals surface area contributed by atoms with Gasteiger partial charge >= 0.3 is 0 Å². The average molecular weight is 266 g/mol. The van der Waals surface area contributed by atoms with Gasteiger partial charge in [-0.2, -0.15) is 0 Å². The monoisotopic (exact) mass is 266 g/mol. The van der Waals surface area contributed by atoms with E-state index in [0.29, 0.717) is 25.6 Å². The largest absolute Gasteiger partial charge is 0.391 e. The van der Waals surface area contributed by atoms with Crippen molar-refractivity contribution in [2.24, 2.45) is 0 Å². The van der Waals surface area contributed by atoms with Gasteiger partial charge in [0.1, 0.15) is 18.2 Å². The number of aliphatic hydroxyl groups excluding tert-OH is 1. The molecule has 1 aromatic rings. The highest BCUT2D eigenvalue weighted by Gasteiger charge is 2.20. The number of nitrogens with zero attached hydrogens (tertiary/aromatic N) is 3. The number of piperidine rings is 1. The molecular weight excluding hydrogens is 244 g/mol. The van der Waals surface area contributed by atoms with Crippen molar-refractivity contribution < 1.29 is 9.84 Å². The Balaban J connectivity index is 2.17. The third-order valence-corrected chi connectivity index (χ3v) is 3.17. The molecule has 1 fully saturated rings. The molecule has 106 valence electrons. The van der Waals surface area contributed by atoms with E-state index in [1.807, 2.05) is 20.0 Å². The number of aromatic nitrogens is 2. The van der Waals surface area contributed by atoms with Crippen molar-refractivity contribution in [1.82, 2.24) is 9.97 Å². The zero-order valence-corrected chi connectivity index (χ0v) is 11.6. The molecule has 2 rings (SSSR count). The quantitative estimate of drug-likeness (QED) is 0.829. The van der Waals surface area contributed by atoms with E-state index < -0.39 is 0 Å². The molecule has 1 aromatic heterocycles. The second kappa shape index (κ2) is 6.68. The summed E-state index contributed by atoms with van der Waals surface area (Å²) in [7, 11) is 1.83. The first-order valence-corrected chi connectivity index (χ1v) is 6.79. The fourth-order valence-electron chi connectivity index (χ4n) is 2.19. The number of ether oxygens (including phenoxy) is 1. The Bertz CT molecular complexity index is 414. The number of aliphatic hydroxyl groups is 1. The fraction of sp³-hybridized carbons (Fsp3) is 0.692. The molecule has 0 radical (unpaired) electrons. The van der Waals surface area contributed by atoms with Crippen LogP contribution in [-0.2, 0) is 11.3 Å². The van der Waals surface area contributed by atoms with Crippen LogP contribution in [0, 0.1) is 0 Å². The lowest BCUT2D eigenvalue weighted by molar-refractivity contribution is 0.128. The molecule has 6 heteroatoms. The Kier molecular flexibility index (Phi) is 4.93. The molecule has 1 atom stereocenters. The Morgan fingerprint density at radius 2 is 2.37 bits per heavy atom. The molecule has 19 heavy (non-hydrogen) atoms. The van der Waals surface area contributed by atoms with Crippen molar-refractivity contribution in [1.29, 1.82) is 0 Å². The summed E-state index contributed by atoms with van der Waals surface area (Å²) in [5.41, 5.74) is 0. The van der Waals surface area contributed by atoms with E-state index >= 15 is 0 Å². The van der Waals surface area contributed by atoms with Crippen LogP contribution in [0.2, 0.25) is 0 Å². The minimum atomic E-state index is -0.267. The molecular formula is C13H22N4O2. The second-order valence-corrected chi connectivity index (χ2v) is 4.66. The molecule has 1 aliphatic rings.